The SMILES string of the molecule is N#CN(c1ccc(Cl)cc1)c1c(Cl)cc(-n2ncc(=O)[nH]c2=O)cc1Cl. The first kappa shape index (κ1) is 18.0. The van der Waals surface area contributed by atoms with Gasteiger partial charge < -0.3 is 0 Å². The lowest BCUT2D eigenvalue weighted by Gasteiger charge is -2.19. The lowest BCUT2D eigenvalue weighted by molar-refractivity contribution is 0.750. The van der Waals surface area contributed by atoms with E-state index < -0.39 is 11.2 Å². The van der Waals surface area contributed by atoms with Gasteiger partial charge in [-0.3, -0.25) is 9.78 Å². The fraction of sp³-hybridized carbons (Fsp3) is 0. The second kappa shape index (κ2) is 7.22. The van der Waals surface area contributed by atoms with Crippen LogP contribution in [-0.2, 0) is 0 Å². The van der Waals surface area contributed by atoms with Gasteiger partial charge in [0.2, 0.25) is 0 Å². The van der Waals surface area contributed by atoms with Gasteiger partial charge in [-0.25, -0.2) is 9.69 Å². The number of aromatic nitrogens is 3. The van der Waals surface area contributed by atoms with E-state index in [1.54, 1.807) is 24.3 Å². The number of benzene rings is 2. The zero-order valence-electron chi connectivity index (χ0n) is 12.8. The first-order chi connectivity index (χ1) is 12.4. The number of anilines is 2. The summed E-state index contributed by atoms with van der Waals surface area (Å²) < 4.78 is 0.932. The predicted octanol–water partition coefficient (Wildman–Crippen LogP) is 3.50. The van der Waals surface area contributed by atoms with E-state index in [9.17, 15) is 14.9 Å². The first-order valence-corrected chi connectivity index (χ1v) is 8.17. The lowest BCUT2D eigenvalue weighted by Crippen LogP contribution is -2.30. The van der Waals surface area contributed by atoms with Crippen molar-refractivity contribution in [3.63, 3.8) is 0 Å². The van der Waals surface area contributed by atoms with Crippen molar-refractivity contribution in [3.8, 4) is 11.9 Å². The maximum atomic E-state index is 11.9. The minimum absolute atomic E-state index is 0.115. The normalized spacial score (nSPS) is 10.4. The smallest absolute Gasteiger partial charge is 0.271 e. The molecular weight excluding hydrogens is 401 g/mol. The molecule has 1 N–H and O–H groups in total. The second-order valence-electron chi connectivity index (χ2n) is 5.02. The van der Waals surface area contributed by atoms with Crippen LogP contribution in [0.15, 0.2) is 52.2 Å². The summed E-state index contributed by atoms with van der Waals surface area (Å²) >= 11 is 18.5. The quantitative estimate of drug-likeness (QED) is 0.529. The predicted molar refractivity (Wildman–Crippen MR) is 99.7 cm³/mol. The van der Waals surface area contributed by atoms with Crippen LogP contribution in [0.3, 0.4) is 0 Å². The van der Waals surface area contributed by atoms with Gasteiger partial charge in [0.1, 0.15) is 6.20 Å². The van der Waals surface area contributed by atoms with Gasteiger partial charge in [0.15, 0.2) is 6.19 Å². The highest BCUT2D eigenvalue weighted by Crippen LogP contribution is 2.39. The highest BCUT2D eigenvalue weighted by molar-refractivity contribution is 6.39. The van der Waals surface area contributed by atoms with Crippen molar-refractivity contribution in [2.24, 2.45) is 0 Å². The van der Waals surface area contributed by atoms with E-state index in [2.05, 4.69) is 10.1 Å². The number of nitrogens with one attached hydrogen (secondary N) is 1. The molecule has 7 nitrogen and oxygen atoms in total. The van der Waals surface area contributed by atoms with Crippen molar-refractivity contribution in [1.29, 1.82) is 5.26 Å². The summed E-state index contributed by atoms with van der Waals surface area (Å²) in [5.74, 6) is 0. The molecular formula is C16H8Cl3N5O2. The molecule has 3 rings (SSSR count). The van der Waals surface area contributed by atoms with Gasteiger partial charge in [0, 0.05) is 5.02 Å². The van der Waals surface area contributed by atoms with Gasteiger partial charge in [0.25, 0.3) is 5.56 Å². The summed E-state index contributed by atoms with van der Waals surface area (Å²) in [4.78, 5) is 26.3. The van der Waals surface area contributed by atoms with Crippen LogP contribution in [0.2, 0.25) is 15.1 Å². The highest BCUT2D eigenvalue weighted by atomic mass is 35.5. The lowest BCUT2D eigenvalue weighted by atomic mass is 10.2. The fourth-order valence-corrected chi connectivity index (χ4v) is 3.02. The van der Waals surface area contributed by atoms with Crippen molar-refractivity contribution in [2.75, 3.05) is 4.90 Å². The number of nitrogens with zero attached hydrogens (tertiary/aromatic N) is 4. The molecule has 130 valence electrons. The molecule has 1 heterocycles. The molecule has 0 atom stereocenters. The summed E-state index contributed by atoms with van der Waals surface area (Å²) in [5, 5.41) is 14.0. The second-order valence-corrected chi connectivity index (χ2v) is 6.27. The molecule has 0 spiro atoms. The summed E-state index contributed by atoms with van der Waals surface area (Å²) in [7, 11) is 0. The Labute approximate surface area is 161 Å². The third kappa shape index (κ3) is 3.44. The number of halogens is 3. The van der Waals surface area contributed by atoms with Crippen LogP contribution >= 0.6 is 34.8 Å². The van der Waals surface area contributed by atoms with Crippen molar-refractivity contribution in [2.45, 2.75) is 0 Å². The van der Waals surface area contributed by atoms with Crippen molar-refractivity contribution >= 4 is 46.2 Å². The van der Waals surface area contributed by atoms with Crippen LogP contribution in [0.5, 0.6) is 0 Å². The van der Waals surface area contributed by atoms with Crippen LogP contribution in [0.1, 0.15) is 0 Å². The molecule has 0 bridgehead atoms. The molecule has 0 aliphatic rings. The Morgan fingerprint density at radius 2 is 1.69 bits per heavy atom. The summed E-state index contributed by atoms with van der Waals surface area (Å²) in [6.45, 7) is 0. The van der Waals surface area contributed by atoms with E-state index in [1.165, 1.54) is 17.0 Å². The molecule has 0 radical (unpaired) electrons. The van der Waals surface area contributed by atoms with E-state index in [0.717, 1.165) is 10.9 Å². The van der Waals surface area contributed by atoms with Crippen LogP contribution < -0.4 is 16.1 Å². The van der Waals surface area contributed by atoms with Gasteiger partial charge in [-0.1, -0.05) is 34.8 Å². The van der Waals surface area contributed by atoms with E-state index in [0.29, 0.717) is 10.7 Å². The van der Waals surface area contributed by atoms with Gasteiger partial charge in [-0.05, 0) is 36.4 Å². The molecule has 26 heavy (non-hydrogen) atoms. The molecule has 0 unspecified atom stereocenters. The van der Waals surface area contributed by atoms with E-state index in [-0.39, 0.29) is 21.4 Å². The largest absolute Gasteiger partial charge is 0.349 e. The topological polar surface area (TPSA) is 94.8 Å². The Hall–Kier alpha value is -2.79. The zero-order valence-corrected chi connectivity index (χ0v) is 15.0. The number of hydrogen-bond donors (Lipinski definition) is 1. The standard InChI is InChI=1S/C16H8Cl3N5O2/c17-9-1-3-10(4-2-9)23(8-20)15-12(18)5-11(6-13(15)19)24-16(26)22-14(25)7-21-24/h1-7H,(H,22,25,26). The minimum atomic E-state index is -0.743. The fourth-order valence-electron chi connectivity index (χ4n) is 2.25. The number of hydrogen-bond acceptors (Lipinski definition) is 5. The Kier molecular flexibility index (Phi) is 5.00. The Balaban J connectivity index is 2.12. The minimum Gasteiger partial charge on any atom is -0.271 e. The van der Waals surface area contributed by atoms with Crippen LogP contribution in [0.4, 0.5) is 11.4 Å². The third-order valence-corrected chi connectivity index (χ3v) is 4.20. The zero-order chi connectivity index (χ0) is 18.8. The molecule has 0 aliphatic heterocycles. The van der Waals surface area contributed by atoms with Gasteiger partial charge in [0.05, 0.1) is 27.1 Å². The molecule has 0 saturated carbocycles. The number of aromatic amines is 1. The van der Waals surface area contributed by atoms with E-state index in [4.69, 9.17) is 34.8 Å². The molecule has 3 aromatic rings. The highest BCUT2D eigenvalue weighted by Gasteiger charge is 2.18. The number of nitriles is 1. The number of H-pyrrole nitrogens is 1. The third-order valence-electron chi connectivity index (χ3n) is 3.37. The maximum Gasteiger partial charge on any atom is 0.349 e. The summed E-state index contributed by atoms with van der Waals surface area (Å²) in [6.07, 6.45) is 2.95. The van der Waals surface area contributed by atoms with Crippen molar-refractivity contribution in [3.05, 3.63) is 78.5 Å². The maximum absolute atomic E-state index is 11.9. The van der Waals surface area contributed by atoms with E-state index in [1.807, 2.05) is 6.19 Å². The van der Waals surface area contributed by atoms with Crippen molar-refractivity contribution in [1.82, 2.24) is 14.8 Å². The molecule has 0 fully saturated rings. The Morgan fingerprint density at radius 3 is 2.23 bits per heavy atom. The number of rotatable bonds is 3. The van der Waals surface area contributed by atoms with Crippen LogP contribution in [0, 0.1) is 11.5 Å². The monoisotopic (exact) mass is 407 g/mol. The molecule has 2 aromatic carbocycles. The summed E-state index contributed by atoms with van der Waals surface area (Å²) in [5.41, 5.74) is -0.392. The van der Waals surface area contributed by atoms with Crippen LogP contribution in [0.25, 0.3) is 5.69 Å². The Bertz CT molecular complexity index is 1110. The molecule has 10 heteroatoms. The average Bonchev–Trinajstić information content (AvgIpc) is 2.59. The molecule has 0 saturated heterocycles. The van der Waals surface area contributed by atoms with Crippen LogP contribution in [-0.4, -0.2) is 14.8 Å². The molecule has 0 aliphatic carbocycles. The Morgan fingerprint density at radius 1 is 1.08 bits per heavy atom. The van der Waals surface area contributed by atoms with Gasteiger partial charge in [-0.15, -0.1) is 0 Å². The first-order valence-electron chi connectivity index (χ1n) is 7.04. The average molecular weight is 409 g/mol. The van der Waals surface area contributed by atoms with Gasteiger partial charge >= 0.3 is 5.69 Å². The molecule has 1 aromatic heterocycles. The van der Waals surface area contributed by atoms with E-state index >= 15 is 0 Å². The van der Waals surface area contributed by atoms with Crippen molar-refractivity contribution < 1.29 is 0 Å². The molecule has 0 amide bonds. The van der Waals surface area contributed by atoms with Gasteiger partial charge in [-0.2, -0.15) is 15.0 Å². The summed E-state index contributed by atoms with van der Waals surface area (Å²) in [6, 6.07) is 9.36.